The van der Waals surface area contributed by atoms with E-state index in [1.54, 1.807) is 44.6 Å². The molecule has 0 saturated heterocycles. The van der Waals surface area contributed by atoms with E-state index in [0.717, 1.165) is 11.3 Å². The molecule has 1 heterocycles. The number of ether oxygens (including phenoxy) is 2. The summed E-state index contributed by atoms with van der Waals surface area (Å²) < 4.78 is 10.5. The second-order valence-electron chi connectivity index (χ2n) is 8.24. The summed E-state index contributed by atoms with van der Waals surface area (Å²) in [6.07, 6.45) is 2.64. The Hall–Kier alpha value is -5.38. The number of hydrogen-bond donors (Lipinski definition) is 4. The molecule has 2 amide bonds. The third kappa shape index (κ3) is 7.32. The molecule has 0 radical (unpaired) electrons. The third-order valence-corrected chi connectivity index (χ3v) is 5.55. The molecule has 4 rings (SSSR count). The Bertz CT molecular complexity index is 1470. The molecule has 4 aromatic rings. The molecule has 0 bridgehead atoms. The van der Waals surface area contributed by atoms with Crippen LogP contribution in [0.4, 0.5) is 28.8 Å². The lowest BCUT2D eigenvalue weighted by Crippen LogP contribution is -2.24. The Morgan fingerprint density at radius 1 is 0.872 bits per heavy atom. The highest BCUT2D eigenvalue weighted by molar-refractivity contribution is 6.00. The number of carbonyl (C=O) groups excluding carboxylic acids is 2. The lowest BCUT2D eigenvalue weighted by atomic mass is 10.2. The molecule has 0 unspecified atom stereocenters. The predicted octanol–water partition coefficient (Wildman–Crippen LogP) is 5.04. The first-order valence-corrected chi connectivity index (χ1v) is 12.0. The molecule has 0 aliphatic carbocycles. The smallest absolute Gasteiger partial charge is 0.256 e. The van der Waals surface area contributed by atoms with E-state index in [4.69, 9.17) is 9.47 Å². The first kappa shape index (κ1) is 26.7. The molecule has 198 valence electrons. The van der Waals surface area contributed by atoms with Gasteiger partial charge in [0.15, 0.2) is 0 Å². The molecule has 10 heteroatoms. The number of carbonyl (C=O) groups is 2. The Labute approximate surface area is 226 Å². The van der Waals surface area contributed by atoms with E-state index in [1.807, 2.05) is 42.5 Å². The van der Waals surface area contributed by atoms with Crippen molar-refractivity contribution < 1.29 is 19.1 Å². The fourth-order valence-electron chi connectivity index (χ4n) is 3.56. The lowest BCUT2D eigenvalue weighted by Gasteiger charge is -2.14. The molecule has 10 nitrogen and oxygen atoms in total. The Kier molecular flexibility index (Phi) is 8.71. The molecule has 0 atom stereocenters. The SMILES string of the molecule is C=CC(=O)Nc1cccc(Nc2nc(Nc3cccc(OC)c3)ncc2C(=O)NCc2ccc(OC)cc2)c1. The number of methoxy groups -OCH3 is 2. The van der Waals surface area contributed by atoms with Crippen LogP contribution < -0.4 is 30.7 Å². The minimum absolute atomic E-state index is 0.236. The third-order valence-electron chi connectivity index (χ3n) is 5.55. The van der Waals surface area contributed by atoms with Crippen molar-refractivity contribution in [1.29, 1.82) is 0 Å². The van der Waals surface area contributed by atoms with Gasteiger partial charge in [0.05, 0.1) is 14.2 Å². The van der Waals surface area contributed by atoms with Crippen LogP contribution in [0.1, 0.15) is 15.9 Å². The highest BCUT2D eigenvalue weighted by Crippen LogP contribution is 2.25. The van der Waals surface area contributed by atoms with Crippen molar-refractivity contribution in [2.45, 2.75) is 6.54 Å². The number of aromatic nitrogens is 2. The molecule has 39 heavy (non-hydrogen) atoms. The van der Waals surface area contributed by atoms with Crippen LogP contribution in [0, 0.1) is 0 Å². The monoisotopic (exact) mass is 524 g/mol. The molecule has 1 aromatic heterocycles. The summed E-state index contributed by atoms with van der Waals surface area (Å²) in [6, 6.07) is 21.7. The number of amides is 2. The Morgan fingerprint density at radius 3 is 2.28 bits per heavy atom. The van der Waals surface area contributed by atoms with E-state index in [9.17, 15) is 9.59 Å². The molecule has 0 aliphatic heterocycles. The molecule has 0 spiro atoms. The van der Waals surface area contributed by atoms with Gasteiger partial charge in [-0.25, -0.2) is 4.98 Å². The van der Waals surface area contributed by atoms with Gasteiger partial charge in [-0.2, -0.15) is 4.98 Å². The van der Waals surface area contributed by atoms with Crippen molar-refractivity contribution in [1.82, 2.24) is 15.3 Å². The topological polar surface area (TPSA) is 127 Å². The second kappa shape index (κ2) is 12.7. The van der Waals surface area contributed by atoms with Crippen molar-refractivity contribution in [2.75, 3.05) is 30.2 Å². The number of nitrogens with zero attached hydrogens (tertiary/aromatic N) is 2. The number of benzene rings is 3. The normalized spacial score (nSPS) is 10.2. The maximum Gasteiger partial charge on any atom is 0.256 e. The van der Waals surface area contributed by atoms with Crippen LogP contribution in [-0.2, 0) is 11.3 Å². The Balaban J connectivity index is 1.60. The molecular weight excluding hydrogens is 496 g/mol. The quantitative estimate of drug-likeness (QED) is 0.201. The summed E-state index contributed by atoms with van der Waals surface area (Å²) in [5, 5.41) is 11.9. The molecular formula is C29H28N6O4. The van der Waals surface area contributed by atoms with Gasteiger partial charge in [0.2, 0.25) is 11.9 Å². The second-order valence-corrected chi connectivity index (χ2v) is 8.24. The maximum atomic E-state index is 13.2. The summed E-state index contributed by atoms with van der Waals surface area (Å²) >= 11 is 0. The van der Waals surface area contributed by atoms with Gasteiger partial charge >= 0.3 is 0 Å². The van der Waals surface area contributed by atoms with Gasteiger partial charge in [0.25, 0.3) is 5.91 Å². The number of anilines is 5. The molecule has 3 aromatic carbocycles. The van der Waals surface area contributed by atoms with E-state index < -0.39 is 0 Å². The zero-order valence-electron chi connectivity index (χ0n) is 21.5. The summed E-state index contributed by atoms with van der Waals surface area (Å²) in [5.41, 5.74) is 3.01. The molecule has 4 N–H and O–H groups in total. The van der Waals surface area contributed by atoms with E-state index in [2.05, 4.69) is 37.8 Å². The minimum Gasteiger partial charge on any atom is -0.497 e. The highest BCUT2D eigenvalue weighted by Gasteiger charge is 2.16. The molecule has 0 saturated carbocycles. The summed E-state index contributed by atoms with van der Waals surface area (Å²) in [5.74, 6) is 1.25. The van der Waals surface area contributed by atoms with Crippen molar-refractivity contribution >= 4 is 40.6 Å². The summed E-state index contributed by atoms with van der Waals surface area (Å²) in [7, 11) is 3.18. The largest absolute Gasteiger partial charge is 0.497 e. The predicted molar refractivity (Wildman–Crippen MR) is 151 cm³/mol. The van der Waals surface area contributed by atoms with Gasteiger partial charge in [-0.15, -0.1) is 0 Å². The van der Waals surface area contributed by atoms with E-state index in [1.165, 1.54) is 12.3 Å². The number of rotatable bonds is 11. The average molecular weight is 525 g/mol. The van der Waals surface area contributed by atoms with Gasteiger partial charge in [-0.05, 0) is 54.1 Å². The van der Waals surface area contributed by atoms with E-state index >= 15 is 0 Å². The van der Waals surface area contributed by atoms with Gasteiger partial charge < -0.3 is 30.7 Å². The van der Waals surface area contributed by atoms with Gasteiger partial charge in [0.1, 0.15) is 22.9 Å². The van der Waals surface area contributed by atoms with Crippen molar-refractivity contribution in [3.63, 3.8) is 0 Å². The zero-order valence-corrected chi connectivity index (χ0v) is 21.5. The van der Waals surface area contributed by atoms with Crippen LogP contribution >= 0.6 is 0 Å². The number of nitrogens with one attached hydrogen (secondary N) is 4. The van der Waals surface area contributed by atoms with Crippen LogP contribution in [0.2, 0.25) is 0 Å². The van der Waals surface area contributed by atoms with Gasteiger partial charge in [-0.1, -0.05) is 30.8 Å². The molecule has 0 aliphatic rings. The fraction of sp³-hybridized carbons (Fsp3) is 0.103. The van der Waals surface area contributed by atoms with E-state index in [0.29, 0.717) is 29.4 Å². The van der Waals surface area contributed by atoms with E-state index in [-0.39, 0.29) is 29.1 Å². The van der Waals surface area contributed by atoms with Crippen LogP contribution in [-0.4, -0.2) is 36.0 Å². The first-order valence-electron chi connectivity index (χ1n) is 12.0. The Morgan fingerprint density at radius 2 is 1.56 bits per heavy atom. The van der Waals surface area contributed by atoms with Gasteiger partial charge in [0, 0.05) is 35.9 Å². The highest BCUT2D eigenvalue weighted by atomic mass is 16.5. The average Bonchev–Trinajstić information content (AvgIpc) is 2.96. The maximum absolute atomic E-state index is 13.2. The minimum atomic E-state index is -0.364. The fourth-order valence-corrected chi connectivity index (χ4v) is 3.56. The zero-order chi connectivity index (χ0) is 27.6. The molecule has 0 fully saturated rings. The van der Waals surface area contributed by atoms with Crippen molar-refractivity contribution in [2.24, 2.45) is 0 Å². The van der Waals surface area contributed by atoms with Crippen LogP contribution in [0.3, 0.4) is 0 Å². The van der Waals surface area contributed by atoms with Crippen LogP contribution in [0.15, 0.2) is 91.6 Å². The van der Waals surface area contributed by atoms with Gasteiger partial charge in [-0.3, -0.25) is 9.59 Å². The van der Waals surface area contributed by atoms with Crippen molar-refractivity contribution in [3.8, 4) is 11.5 Å². The standard InChI is InChI=1S/C29H28N6O4/c1-4-26(36)32-20-7-5-8-21(15-20)33-27-25(28(37)30-17-19-11-13-23(38-2)14-12-19)18-31-29(35-27)34-22-9-6-10-24(16-22)39-3/h4-16,18H,1,17H2,2-3H3,(H,30,37)(H,32,36)(H2,31,33,34,35). The number of hydrogen-bond acceptors (Lipinski definition) is 8. The van der Waals surface area contributed by atoms with Crippen LogP contribution in [0.5, 0.6) is 11.5 Å². The van der Waals surface area contributed by atoms with Crippen LogP contribution in [0.25, 0.3) is 0 Å². The lowest BCUT2D eigenvalue weighted by molar-refractivity contribution is -0.111. The van der Waals surface area contributed by atoms with Crippen molar-refractivity contribution in [3.05, 3.63) is 103 Å². The first-order chi connectivity index (χ1) is 19.0. The summed E-state index contributed by atoms with van der Waals surface area (Å²) in [6.45, 7) is 3.77. The summed E-state index contributed by atoms with van der Waals surface area (Å²) in [4.78, 5) is 33.9.